The average molecular weight is 368 g/mol. The van der Waals surface area contributed by atoms with Gasteiger partial charge in [0.15, 0.2) is 0 Å². The van der Waals surface area contributed by atoms with E-state index in [9.17, 15) is 9.59 Å². The molecule has 2 N–H and O–H groups in total. The molecule has 2 saturated heterocycles. The molecule has 26 heavy (non-hydrogen) atoms. The van der Waals surface area contributed by atoms with E-state index in [2.05, 4.69) is 0 Å². The highest BCUT2D eigenvalue weighted by Gasteiger charge is 2.45. The van der Waals surface area contributed by atoms with Gasteiger partial charge < -0.3 is 19.7 Å². The Morgan fingerprint density at radius 1 is 0.692 bits per heavy atom. The van der Waals surface area contributed by atoms with E-state index in [0.717, 1.165) is 11.8 Å². The van der Waals surface area contributed by atoms with Crippen LogP contribution in [0.25, 0.3) is 0 Å². The number of carboxylic acids is 2. The molecule has 0 radical (unpaired) electrons. The summed E-state index contributed by atoms with van der Waals surface area (Å²) in [6, 6.07) is 0. The maximum Gasteiger partial charge on any atom is 0.303 e. The molecule has 4 aliphatic rings. The summed E-state index contributed by atoms with van der Waals surface area (Å²) in [4.78, 5) is 19.8. The molecule has 4 rings (SSSR count). The molecule has 0 aromatic carbocycles. The molecule has 2 heterocycles. The SMILES string of the molecule is C(CC1CCC2OC2C1)C1CCC2OC2C1.O=C(O)CCCCC(=O)O. The van der Waals surface area contributed by atoms with Crippen LogP contribution in [0.3, 0.4) is 0 Å². The molecule has 6 atom stereocenters. The van der Waals surface area contributed by atoms with Crippen molar-refractivity contribution in [1.82, 2.24) is 0 Å². The zero-order valence-corrected chi connectivity index (χ0v) is 15.5. The molecule has 2 saturated carbocycles. The molecule has 2 aliphatic carbocycles. The zero-order chi connectivity index (χ0) is 18.5. The van der Waals surface area contributed by atoms with Crippen molar-refractivity contribution in [2.75, 3.05) is 0 Å². The van der Waals surface area contributed by atoms with Gasteiger partial charge in [-0.15, -0.1) is 0 Å². The van der Waals surface area contributed by atoms with Gasteiger partial charge in [-0.1, -0.05) is 12.8 Å². The predicted molar refractivity (Wildman–Crippen MR) is 95.0 cm³/mol. The summed E-state index contributed by atoms with van der Waals surface area (Å²) in [5.41, 5.74) is 0. The lowest BCUT2D eigenvalue weighted by atomic mass is 9.80. The normalized spacial score (nSPS) is 36.8. The quantitative estimate of drug-likeness (QED) is 0.501. The van der Waals surface area contributed by atoms with E-state index in [1.54, 1.807) is 0 Å². The van der Waals surface area contributed by atoms with Crippen LogP contribution >= 0.6 is 0 Å². The lowest BCUT2D eigenvalue weighted by Gasteiger charge is -2.23. The Labute approximate surface area is 155 Å². The van der Waals surface area contributed by atoms with Crippen molar-refractivity contribution in [2.45, 2.75) is 101 Å². The summed E-state index contributed by atoms with van der Waals surface area (Å²) < 4.78 is 11.2. The monoisotopic (exact) mass is 368 g/mol. The van der Waals surface area contributed by atoms with Gasteiger partial charge in [0.05, 0.1) is 24.4 Å². The van der Waals surface area contributed by atoms with Gasteiger partial charge in [-0.05, 0) is 63.2 Å². The molecule has 0 spiro atoms. The number of epoxide rings is 2. The number of fused-ring (bicyclic) bond motifs is 2. The van der Waals surface area contributed by atoms with Crippen LogP contribution in [0.2, 0.25) is 0 Å². The molecule has 6 heteroatoms. The first-order chi connectivity index (χ1) is 12.5. The lowest BCUT2D eigenvalue weighted by molar-refractivity contribution is -0.139. The smallest absolute Gasteiger partial charge is 0.303 e. The Balaban J connectivity index is 0.000000172. The number of aliphatic carboxylic acids is 2. The number of carboxylic acid groups (broad SMARTS) is 2. The highest BCUT2D eigenvalue weighted by atomic mass is 16.6. The first-order valence-corrected chi connectivity index (χ1v) is 10.3. The van der Waals surface area contributed by atoms with Crippen LogP contribution in [0.4, 0.5) is 0 Å². The minimum atomic E-state index is -0.870. The second kappa shape index (κ2) is 9.18. The molecule has 6 nitrogen and oxygen atoms in total. The van der Waals surface area contributed by atoms with Gasteiger partial charge in [0.25, 0.3) is 0 Å². The van der Waals surface area contributed by atoms with Gasteiger partial charge in [0.1, 0.15) is 0 Å². The highest BCUT2D eigenvalue weighted by Crippen LogP contribution is 2.44. The summed E-state index contributed by atoms with van der Waals surface area (Å²) in [6.45, 7) is 0. The van der Waals surface area contributed by atoms with Gasteiger partial charge in [0, 0.05) is 12.8 Å². The minimum absolute atomic E-state index is 0.0628. The lowest BCUT2D eigenvalue weighted by Crippen LogP contribution is -2.17. The topological polar surface area (TPSA) is 99.7 Å². The third kappa shape index (κ3) is 6.54. The fourth-order valence-corrected chi connectivity index (χ4v) is 4.52. The fraction of sp³-hybridized carbons (Fsp3) is 0.900. The summed E-state index contributed by atoms with van der Waals surface area (Å²) >= 11 is 0. The first kappa shape index (κ1) is 19.6. The second-order valence-electron chi connectivity index (χ2n) is 8.36. The van der Waals surface area contributed by atoms with Crippen molar-refractivity contribution in [3.63, 3.8) is 0 Å². The molecule has 0 bridgehead atoms. The number of rotatable bonds is 8. The number of unbranched alkanes of at least 4 members (excludes halogenated alkanes) is 1. The van der Waals surface area contributed by atoms with Crippen molar-refractivity contribution < 1.29 is 29.3 Å². The van der Waals surface area contributed by atoms with Crippen molar-refractivity contribution >= 4 is 11.9 Å². The molecular weight excluding hydrogens is 336 g/mol. The van der Waals surface area contributed by atoms with Crippen molar-refractivity contribution in [2.24, 2.45) is 11.8 Å². The third-order valence-electron chi connectivity index (χ3n) is 6.24. The number of carbonyl (C=O) groups is 2. The molecule has 148 valence electrons. The average Bonchev–Trinajstić information content (AvgIpc) is 3.50. The third-order valence-corrected chi connectivity index (χ3v) is 6.24. The van der Waals surface area contributed by atoms with Gasteiger partial charge >= 0.3 is 11.9 Å². The van der Waals surface area contributed by atoms with Crippen molar-refractivity contribution in [3.8, 4) is 0 Å². The van der Waals surface area contributed by atoms with Crippen LogP contribution in [-0.2, 0) is 19.1 Å². The Morgan fingerprint density at radius 2 is 1.12 bits per heavy atom. The number of hydrogen-bond acceptors (Lipinski definition) is 4. The van der Waals surface area contributed by atoms with E-state index >= 15 is 0 Å². The first-order valence-electron chi connectivity index (χ1n) is 10.3. The van der Waals surface area contributed by atoms with E-state index in [1.807, 2.05) is 0 Å². The number of ether oxygens (including phenoxy) is 2. The largest absolute Gasteiger partial charge is 0.481 e. The maximum atomic E-state index is 9.90. The Morgan fingerprint density at radius 3 is 1.46 bits per heavy atom. The van der Waals surface area contributed by atoms with Crippen LogP contribution < -0.4 is 0 Å². The Bertz CT molecular complexity index is 449. The van der Waals surface area contributed by atoms with E-state index in [1.165, 1.54) is 51.4 Å². The zero-order valence-electron chi connectivity index (χ0n) is 15.5. The summed E-state index contributed by atoms with van der Waals surface area (Å²) in [5.74, 6) is 0.207. The molecule has 6 unspecified atom stereocenters. The van der Waals surface area contributed by atoms with E-state index in [0.29, 0.717) is 37.3 Å². The highest BCUT2D eigenvalue weighted by molar-refractivity contribution is 5.67. The van der Waals surface area contributed by atoms with Crippen LogP contribution in [0.15, 0.2) is 0 Å². The maximum absolute atomic E-state index is 9.90. The van der Waals surface area contributed by atoms with Gasteiger partial charge in [-0.25, -0.2) is 0 Å². The van der Waals surface area contributed by atoms with Crippen LogP contribution in [-0.4, -0.2) is 46.6 Å². The van der Waals surface area contributed by atoms with Gasteiger partial charge in [-0.3, -0.25) is 9.59 Å². The molecule has 4 fully saturated rings. The molecule has 2 aliphatic heterocycles. The van der Waals surface area contributed by atoms with Crippen LogP contribution in [0.5, 0.6) is 0 Å². The predicted octanol–water partition coefficient (Wildman–Crippen LogP) is 3.62. The van der Waals surface area contributed by atoms with E-state index < -0.39 is 11.9 Å². The molecule has 0 aromatic rings. The van der Waals surface area contributed by atoms with Crippen molar-refractivity contribution in [1.29, 1.82) is 0 Å². The second-order valence-corrected chi connectivity index (χ2v) is 8.36. The minimum Gasteiger partial charge on any atom is -0.481 e. The summed E-state index contributed by atoms with van der Waals surface area (Å²) in [6.07, 6.45) is 14.9. The number of hydrogen-bond donors (Lipinski definition) is 2. The Hall–Kier alpha value is -1.14. The summed E-state index contributed by atoms with van der Waals surface area (Å²) in [7, 11) is 0. The van der Waals surface area contributed by atoms with Gasteiger partial charge in [0.2, 0.25) is 0 Å². The van der Waals surface area contributed by atoms with Crippen LogP contribution in [0.1, 0.15) is 77.0 Å². The molecule has 0 aromatic heterocycles. The molecular formula is C20H32O6. The van der Waals surface area contributed by atoms with Gasteiger partial charge in [-0.2, -0.15) is 0 Å². The standard InChI is InChI=1S/C14H22O2.C6H10O4/c1(9-3-5-11-13(7-9)15-11)2-10-4-6-12-14(8-10)16-12;7-5(8)3-1-2-4-6(9)10/h9-14H,1-8H2;1-4H2,(H,7,8)(H,9,10). The fourth-order valence-electron chi connectivity index (χ4n) is 4.52. The van der Waals surface area contributed by atoms with Crippen LogP contribution in [0, 0.1) is 11.8 Å². The molecule has 0 amide bonds. The van der Waals surface area contributed by atoms with Crippen molar-refractivity contribution in [3.05, 3.63) is 0 Å². The summed E-state index contributed by atoms with van der Waals surface area (Å²) in [5, 5.41) is 16.3. The van der Waals surface area contributed by atoms with E-state index in [4.69, 9.17) is 19.7 Å². The Kier molecular flexibility index (Phi) is 6.92. The van der Waals surface area contributed by atoms with E-state index in [-0.39, 0.29) is 12.8 Å².